The van der Waals surface area contributed by atoms with E-state index in [0.29, 0.717) is 11.6 Å². The lowest BCUT2D eigenvalue weighted by Crippen LogP contribution is -2.28. The van der Waals surface area contributed by atoms with Gasteiger partial charge >= 0.3 is 5.97 Å². The standard InChI is InChI=1S/C15H16ClNO3/c1-10-8-17(9-13(10)15(19)20)14(18)6-5-11-3-2-4-12(16)7-11/h2-7,10,13H,8-9H2,1H3,(H,19,20)/b6-5+/t10-,13-/m1/s1. The molecule has 1 aromatic rings. The van der Waals surface area contributed by atoms with Crippen molar-refractivity contribution in [2.75, 3.05) is 13.1 Å². The van der Waals surface area contributed by atoms with Gasteiger partial charge in [-0.25, -0.2) is 0 Å². The molecule has 1 heterocycles. The zero-order valence-corrected chi connectivity index (χ0v) is 11.9. The molecule has 2 atom stereocenters. The predicted octanol–water partition coefficient (Wildman–Crippen LogP) is 2.53. The van der Waals surface area contributed by atoms with Crippen molar-refractivity contribution in [3.63, 3.8) is 0 Å². The lowest BCUT2D eigenvalue weighted by molar-refractivity contribution is -0.142. The maximum absolute atomic E-state index is 12.0. The highest BCUT2D eigenvalue weighted by Crippen LogP contribution is 2.23. The van der Waals surface area contributed by atoms with Crippen LogP contribution < -0.4 is 0 Å². The lowest BCUT2D eigenvalue weighted by Gasteiger charge is -2.12. The molecule has 4 nitrogen and oxygen atoms in total. The van der Waals surface area contributed by atoms with Gasteiger partial charge in [0.15, 0.2) is 0 Å². The zero-order chi connectivity index (χ0) is 14.7. The maximum atomic E-state index is 12.0. The van der Waals surface area contributed by atoms with Gasteiger partial charge in [0.2, 0.25) is 5.91 Å². The molecule has 0 saturated carbocycles. The maximum Gasteiger partial charge on any atom is 0.308 e. The number of rotatable bonds is 3. The second-order valence-corrected chi connectivity index (χ2v) is 5.49. The van der Waals surface area contributed by atoms with Gasteiger partial charge in [0.1, 0.15) is 0 Å². The van der Waals surface area contributed by atoms with E-state index in [0.717, 1.165) is 5.56 Å². The number of carbonyl (C=O) groups is 2. The zero-order valence-electron chi connectivity index (χ0n) is 11.1. The van der Waals surface area contributed by atoms with E-state index in [-0.39, 0.29) is 18.4 Å². The molecule has 0 spiro atoms. The van der Waals surface area contributed by atoms with E-state index in [1.165, 1.54) is 6.08 Å². The molecule has 0 unspecified atom stereocenters. The van der Waals surface area contributed by atoms with Crippen LogP contribution in [0.3, 0.4) is 0 Å². The Bertz CT molecular complexity index is 556. The van der Waals surface area contributed by atoms with Crippen LogP contribution in [0.5, 0.6) is 0 Å². The molecule has 1 amide bonds. The number of carbonyl (C=O) groups excluding carboxylic acids is 1. The molecule has 0 aliphatic carbocycles. The minimum atomic E-state index is -0.841. The molecular weight excluding hydrogens is 278 g/mol. The summed E-state index contributed by atoms with van der Waals surface area (Å²) in [5.41, 5.74) is 0.841. The van der Waals surface area contributed by atoms with Gasteiger partial charge in [-0.1, -0.05) is 30.7 Å². The van der Waals surface area contributed by atoms with E-state index in [9.17, 15) is 9.59 Å². The van der Waals surface area contributed by atoms with Crippen molar-refractivity contribution in [3.05, 3.63) is 40.9 Å². The second-order valence-electron chi connectivity index (χ2n) is 5.05. The summed E-state index contributed by atoms with van der Waals surface area (Å²) in [5, 5.41) is 9.66. The van der Waals surface area contributed by atoms with Gasteiger partial charge in [-0.3, -0.25) is 9.59 Å². The number of nitrogens with zero attached hydrogens (tertiary/aromatic N) is 1. The molecular formula is C15H16ClNO3. The lowest BCUT2D eigenvalue weighted by atomic mass is 9.99. The Balaban J connectivity index is 2.01. The van der Waals surface area contributed by atoms with Crippen LogP contribution in [-0.4, -0.2) is 35.0 Å². The van der Waals surface area contributed by atoms with Crippen molar-refractivity contribution in [2.45, 2.75) is 6.92 Å². The van der Waals surface area contributed by atoms with Gasteiger partial charge in [0.05, 0.1) is 5.92 Å². The van der Waals surface area contributed by atoms with Crippen LogP contribution in [0.25, 0.3) is 6.08 Å². The SMILES string of the molecule is C[C@@H]1CN(C(=O)/C=C/c2cccc(Cl)c2)C[C@H]1C(=O)O. The van der Waals surface area contributed by atoms with Crippen LogP contribution >= 0.6 is 11.6 Å². The monoisotopic (exact) mass is 293 g/mol. The highest BCUT2D eigenvalue weighted by Gasteiger charge is 2.36. The molecule has 1 aliphatic heterocycles. The smallest absolute Gasteiger partial charge is 0.308 e. The highest BCUT2D eigenvalue weighted by atomic mass is 35.5. The van der Waals surface area contributed by atoms with Crippen LogP contribution in [0.4, 0.5) is 0 Å². The second kappa shape index (κ2) is 6.09. The number of amides is 1. The molecule has 0 radical (unpaired) electrons. The molecule has 2 rings (SSSR count). The fraction of sp³-hybridized carbons (Fsp3) is 0.333. The molecule has 0 bridgehead atoms. The number of carboxylic acids is 1. The van der Waals surface area contributed by atoms with E-state index >= 15 is 0 Å². The van der Waals surface area contributed by atoms with Crippen LogP contribution in [0, 0.1) is 11.8 Å². The molecule has 20 heavy (non-hydrogen) atoms. The number of carboxylic acid groups (broad SMARTS) is 1. The van der Waals surface area contributed by atoms with E-state index in [4.69, 9.17) is 16.7 Å². The third-order valence-electron chi connectivity index (χ3n) is 3.51. The third-order valence-corrected chi connectivity index (χ3v) is 3.74. The summed E-state index contributed by atoms with van der Waals surface area (Å²) in [4.78, 5) is 24.6. The fourth-order valence-electron chi connectivity index (χ4n) is 2.35. The topological polar surface area (TPSA) is 57.6 Å². The molecule has 0 aromatic heterocycles. The van der Waals surface area contributed by atoms with Crippen molar-refractivity contribution >= 4 is 29.6 Å². The van der Waals surface area contributed by atoms with Crippen LogP contribution in [-0.2, 0) is 9.59 Å². The first-order chi connectivity index (χ1) is 9.47. The minimum absolute atomic E-state index is 0.0176. The number of hydrogen-bond acceptors (Lipinski definition) is 2. The van der Waals surface area contributed by atoms with Gasteiger partial charge in [-0.15, -0.1) is 0 Å². The number of likely N-dealkylation sites (tertiary alicyclic amines) is 1. The van der Waals surface area contributed by atoms with Crippen molar-refractivity contribution < 1.29 is 14.7 Å². The molecule has 106 valence electrons. The van der Waals surface area contributed by atoms with Crippen LogP contribution in [0.2, 0.25) is 5.02 Å². The quantitative estimate of drug-likeness (QED) is 0.871. The first kappa shape index (κ1) is 14.6. The largest absolute Gasteiger partial charge is 0.481 e. The summed E-state index contributed by atoms with van der Waals surface area (Å²) in [7, 11) is 0. The van der Waals surface area contributed by atoms with Crippen LogP contribution in [0.1, 0.15) is 12.5 Å². The van der Waals surface area contributed by atoms with Gasteiger partial charge < -0.3 is 10.0 Å². The van der Waals surface area contributed by atoms with Crippen molar-refractivity contribution in [1.82, 2.24) is 4.90 Å². The van der Waals surface area contributed by atoms with Gasteiger partial charge in [-0.05, 0) is 29.7 Å². The fourth-order valence-corrected chi connectivity index (χ4v) is 2.55. The Hall–Kier alpha value is -1.81. The van der Waals surface area contributed by atoms with Gasteiger partial charge in [0, 0.05) is 24.2 Å². The minimum Gasteiger partial charge on any atom is -0.481 e. The summed E-state index contributed by atoms with van der Waals surface area (Å²) in [5.74, 6) is -1.50. The molecule has 1 aromatic carbocycles. The van der Waals surface area contributed by atoms with E-state index in [2.05, 4.69) is 0 Å². The highest BCUT2D eigenvalue weighted by molar-refractivity contribution is 6.30. The number of aliphatic carboxylic acids is 1. The normalized spacial score (nSPS) is 22.4. The molecule has 5 heteroatoms. The summed E-state index contributed by atoms with van der Waals surface area (Å²) in [6, 6.07) is 7.19. The third kappa shape index (κ3) is 3.39. The molecule has 1 N–H and O–H groups in total. The Labute approximate surface area is 122 Å². The van der Waals surface area contributed by atoms with Crippen LogP contribution in [0.15, 0.2) is 30.3 Å². The summed E-state index contributed by atoms with van der Waals surface area (Å²) in [6.45, 7) is 2.61. The van der Waals surface area contributed by atoms with Gasteiger partial charge in [-0.2, -0.15) is 0 Å². The Kier molecular flexibility index (Phi) is 4.45. The van der Waals surface area contributed by atoms with Crippen molar-refractivity contribution in [3.8, 4) is 0 Å². The number of benzene rings is 1. The average molecular weight is 294 g/mol. The Morgan fingerprint density at radius 2 is 2.15 bits per heavy atom. The predicted molar refractivity (Wildman–Crippen MR) is 77.4 cm³/mol. The average Bonchev–Trinajstić information content (AvgIpc) is 2.78. The summed E-state index contributed by atoms with van der Waals surface area (Å²) in [6.07, 6.45) is 3.15. The Morgan fingerprint density at radius 3 is 2.75 bits per heavy atom. The van der Waals surface area contributed by atoms with E-state index in [1.54, 1.807) is 23.1 Å². The molecule has 1 saturated heterocycles. The number of hydrogen-bond donors (Lipinski definition) is 1. The van der Waals surface area contributed by atoms with Crippen molar-refractivity contribution in [1.29, 1.82) is 0 Å². The Morgan fingerprint density at radius 1 is 1.40 bits per heavy atom. The van der Waals surface area contributed by atoms with E-state index < -0.39 is 11.9 Å². The van der Waals surface area contributed by atoms with Gasteiger partial charge in [0.25, 0.3) is 0 Å². The molecule has 1 fully saturated rings. The summed E-state index contributed by atoms with van der Waals surface area (Å²) < 4.78 is 0. The first-order valence-corrected chi connectivity index (χ1v) is 6.80. The molecule has 1 aliphatic rings. The van der Waals surface area contributed by atoms with E-state index in [1.807, 2.05) is 19.1 Å². The van der Waals surface area contributed by atoms with Crippen molar-refractivity contribution in [2.24, 2.45) is 11.8 Å². The summed E-state index contributed by atoms with van der Waals surface area (Å²) >= 11 is 5.87. The number of halogens is 1. The first-order valence-electron chi connectivity index (χ1n) is 6.42.